The molecule has 5 heteroatoms. The van der Waals surface area contributed by atoms with Crippen molar-refractivity contribution in [2.24, 2.45) is 0 Å². The van der Waals surface area contributed by atoms with E-state index < -0.39 is 10.8 Å². The van der Waals surface area contributed by atoms with E-state index in [2.05, 4.69) is 0 Å². The summed E-state index contributed by atoms with van der Waals surface area (Å²) in [6.07, 6.45) is 0.154. The summed E-state index contributed by atoms with van der Waals surface area (Å²) in [5, 5.41) is 10.6. The Hall–Kier alpha value is -1.91. The van der Waals surface area contributed by atoms with Gasteiger partial charge in [0.05, 0.1) is 13.0 Å². The first kappa shape index (κ1) is 13.2. The smallest absolute Gasteiger partial charge is 0.211 e. The van der Waals surface area contributed by atoms with Crippen molar-refractivity contribution in [2.75, 3.05) is 13.7 Å². The summed E-state index contributed by atoms with van der Waals surface area (Å²) >= 11 is 0. The molecular formula is C12H15NO4. The van der Waals surface area contributed by atoms with E-state index in [0.29, 0.717) is 11.3 Å². The molecule has 1 rings (SSSR count). The first-order chi connectivity index (χ1) is 8.04. The zero-order valence-electron chi connectivity index (χ0n) is 9.88. The van der Waals surface area contributed by atoms with Gasteiger partial charge in [-0.15, -0.1) is 0 Å². The monoisotopic (exact) mass is 237 g/mol. The molecule has 17 heavy (non-hydrogen) atoms. The Morgan fingerprint density at radius 3 is 2.65 bits per heavy atom. The third kappa shape index (κ3) is 3.86. The minimum Gasteiger partial charge on any atom is -0.496 e. The summed E-state index contributed by atoms with van der Waals surface area (Å²) < 4.78 is 5.16. The zero-order valence-corrected chi connectivity index (χ0v) is 9.88. The van der Waals surface area contributed by atoms with Crippen molar-refractivity contribution in [1.29, 1.82) is 0 Å². The number of ketones is 1. The lowest BCUT2D eigenvalue weighted by atomic mass is 9.93. The Bertz CT molecular complexity index is 401. The van der Waals surface area contributed by atoms with E-state index in [0.717, 1.165) is 0 Å². The van der Waals surface area contributed by atoms with Crippen LogP contribution in [0.3, 0.4) is 0 Å². The summed E-state index contributed by atoms with van der Waals surface area (Å²) in [6, 6.07) is 7.07. The van der Waals surface area contributed by atoms with Gasteiger partial charge in [0.15, 0.2) is 0 Å². The third-order valence-electron chi connectivity index (χ3n) is 2.48. The maximum atomic E-state index is 11.1. The van der Waals surface area contributed by atoms with Gasteiger partial charge in [-0.2, -0.15) is 0 Å². The number of hydrogen-bond acceptors (Lipinski definition) is 4. The fourth-order valence-electron chi connectivity index (χ4n) is 1.80. The SMILES string of the molecule is COc1ccccc1C(CC(C)=O)C[N+](=O)[O-]. The number of nitro groups is 1. The number of nitrogens with zero attached hydrogens (tertiary/aromatic N) is 1. The van der Waals surface area contributed by atoms with Crippen molar-refractivity contribution in [2.45, 2.75) is 19.3 Å². The summed E-state index contributed by atoms with van der Waals surface area (Å²) in [7, 11) is 1.51. The molecule has 1 aromatic rings. The molecule has 5 nitrogen and oxygen atoms in total. The topological polar surface area (TPSA) is 69.4 Å². The van der Waals surface area contributed by atoms with E-state index in [1.54, 1.807) is 24.3 Å². The van der Waals surface area contributed by atoms with Crippen molar-refractivity contribution in [3.63, 3.8) is 0 Å². The minimum absolute atomic E-state index is 0.0669. The maximum absolute atomic E-state index is 11.1. The van der Waals surface area contributed by atoms with Crippen molar-refractivity contribution in [1.82, 2.24) is 0 Å². The van der Waals surface area contributed by atoms with Gasteiger partial charge in [-0.3, -0.25) is 10.1 Å². The predicted octanol–water partition coefficient (Wildman–Crippen LogP) is 2.03. The van der Waals surface area contributed by atoms with Gasteiger partial charge < -0.3 is 9.53 Å². The quantitative estimate of drug-likeness (QED) is 0.560. The molecule has 1 unspecified atom stereocenters. The van der Waals surface area contributed by atoms with Crippen LogP contribution in [0.25, 0.3) is 0 Å². The van der Waals surface area contributed by atoms with Crippen LogP contribution in [0, 0.1) is 10.1 Å². The molecule has 0 N–H and O–H groups in total. The molecule has 0 bridgehead atoms. The maximum Gasteiger partial charge on any atom is 0.211 e. The number of carbonyl (C=O) groups is 1. The number of para-hydroxylation sites is 1. The number of benzene rings is 1. The first-order valence-corrected chi connectivity index (χ1v) is 5.28. The molecule has 0 spiro atoms. The lowest BCUT2D eigenvalue weighted by Crippen LogP contribution is -2.16. The molecule has 0 amide bonds. The first-order valence-electron chi connectivity index (χ1n) is 5.28. The van der Waals surface area contributed by atoms with Crippen molar-refractivity contribution >= 4 is 5.78 Å². The van der Waals surface area contributed by atoms with Crippen molar-refractivity contribution in [3.8, 4) is 5.75 Å². The molecule has 0 fully saturated rings. The van der Waals surface area contributed by atoms with Gasteiger partial charge in [0.1, 0.15) is 11.5 Å². The van der Waals surface area contributed by atoms with Crippen LogP contribution in [-0.2, 0) is 4.79 Å². The Labute approximate surface area is 99.5 Å². The molecule has 0 aliphatic carbocycles. The van der Waals surface area contributed by atoms with E-state index in [1.165, 1.54) is 14.0 Å². The fraction of sp³-hybridized carbons (Fsp3) is 0.417. The number of carbonyl (C=O) groups excluding carboxylic acids is 1. The Kier molecular flexibility index (Phi) is 4.63. The average Bonchev–Trinajstić information content (AvgIpc) is 2.27. The molecule has 0 saturated heterocycles. The Morgan fingerprint density at radius 1 is 1.47 bits per heavy atom. The number of hydrogen-bond donors (Lipinski definition) is 0. The third-order valence-corrected chi connectivity index (χ3v) is 2.48. The molecule has 0 saturated carbocycles. The van der Waals surface area contributed by atoms with Crippen LogP contribution in [0.5, 0.6) is 5.75 Å². The zero-order chi connectivity index (χ0) is 12.8. The highest BCUT2D eigenvalue weighted by molar-refractivity contribution is 5.76. The highest BCUT2D eigenvalue weighted by Gasteiger charge is 2.22. The summed E-state index contributed by atoms with van der Waals surface area (Å²) in [5.41, 5.74) is 0.710. The van der Waals surface area contributed by atoms with E-state index >= 15 is 0 Å². The van der Waals surface area contributed by atoms with Crippen LogP contribution in [0.4, 0.5) is 0 Å². The summed E-state index contributed by atoms with van der Waals surface area (Å²) in [4.78, 5) is 21.4. The number of methoxy groups -OCH3 is 1. The normalized spacial score (nSPS) is 11.9. The largest absolute Gasteiger partial charge is 0.496 e. The van der Waals surface area contributed by atoms with E-state index in [4.69, 9.17) is 4.74 Å². The van der Waals surface area contributed by atoms with Crippen LogP contribution in [0.1, 0.15) is 24.8 Å². The van der Waals surface area contributed by atoms with Crippen LogP contribution in [0.2, 0.25) is 0 Å². The van der Waals surface area contributed by atoms with Crippen LogP contribution >= 0.6 is 0 Å². The molecule has 1 atom stereocenters. The number of Topliss-reactive ketones (excluding diaryl/α,β-unsaturated/α-hetero) is 1. The van der Waals surface area contributed by atoms with Gasteiger partial charge >= 0.3 is 0 Å². The van der Waals surface area contributed by atoms with Gasteiger partial charge in [-0.25, -0.2) is 0 Å². The highest BCUT2D eigenvalue weighted by Crippen LogP contribution is 2.29. The Morgan fingerprint density at radius 2 is 2.12 bits per heavy atom. The molecule has 0 aromatic heterocycles. The van der Waals surface area contributed by atoms with Gasteiger partial charge in [-0.05, 0) is 13.0 Å². The van der Waals surface area contributed by atoms with Gasteiger partial charge in [0.2, 0.25) is 6.54 Å². The fourth-order valence-corrected chi connectivity index (χ4v) is 1.80. The molecule has 92 valence electrons. The van der Waals surface area contributed by atoms with Gasteiger partial charge in [0.25, 0.3) is 0 Å². The molecular weight excluding hydrogens is 222 g/mol. The number of ether oxygens (including phenoxy) is 1. The van der Waals surface area contributed by atoms with Crippen molar-refractivity contribution < 1.29 is 14.5 Å². The van der Waals surface area contributed by atoms with E-state index in [-0.39, 0.29) is 18.7 Å². The van der Waals surface area contributed by atoms with Gasteiger partial charge in [0, 0.05) is 16.9 Å². The predicted molar refractivity (Wildman–Crippen MR) is 62.9 cm³/mol. The second-order valence-electron chi connectivity index (χ2n) is 3.86. The van der Waals surface area contributed by atoms with Crippen LogP contribution in [-0.4, -0.2) is 24.4 Å². The van der Waals surface area contributed by atoms with E-state index in [9.17, 15) is 14.9 Å². The Balaban J connectivity index is 3.02. The second-order valence-corrected chi connectivity index (χ2v) is 3.86. The molecule has 0 heterocycles. The van der Waals surface area contributed by atoms with E-state index in [1.807, 2.05) is 0 Å². The van der Waals surface area contributed by atoms with Crippen LogP contribution in [0.15, 0.2) is 24.3 Å². The molecule has 0 radical (unpaired) electrons. The summed E-state index contributed by atoms with van der Waals surface area (Å²) in [6.45, 7) is 1.17. The van der Waals surface area contributed by atoms with Gasteiger partial charge in [-0.1, -0.05) is 18.2 Å². The highest BCUT2D eigenvalue weighted by atomic mass is 16.6. The summed E-state index contributed by atoms with van der Waals surface area (Å²) in [5.74, 6) is 0.0852. The molecule has 1 aromatic carbocycles. The average molecular weight is 237 g/mol. The molecule has 0 aliphatic heterocycles. The lowest BCUT2D eigenvalue weighted by molar-refractivity contribution is -0.483. The standard InChI is InChI=1S/C12H15NO4/c1-9(14)7-10(8-13(15)16)11-5-3-4-6-12(11)17-2/h3-6,10H,7-8H2,1-2H3. The number of rotatable bonds is 6. The van der Waals surface area contributed by atoms with Crippen LogP contribution < -0.4 is 4.74 Å². The minimum atomic E-state index is -0.432. The second kappa shape index (κ2) is 5.98. The lowest BCUT2D eigenvalue weighted by Gasteiger charge is -2.15. The van der Waals surface area contributed by atoms with Crippen molar-refractivity contribution in [3.05, 3.63) is 39.9 Å². The molecule has 0 aliphatic rings.